The van der Waals surface area contributed by atoms with Crippen LogP contribution in [0.25, 0.3) is 55.1 Å². The van der Waals surface area contributed by atoms with Gasteiger partial charge in [0.05, 0.1) is 11.0 Å². The zero-order valence-corrected chi connectivity index (χ0v) is 29.6. The van der Waals surface area contributed by atoms with E-state index in [1.54, 1.807) is 12.7 Å². The van der Waals surface area contributed by atoms with Gasteiger partial charge in [-0.1, -0.05) is 66.2 Å². The molecule has 9 aromatic rings. The molecule has 1 aliphatic rings. The van der Waals surface area contributed by atoms with E-state index in [0.29, 0.717) is 22.9 Å². The summed E-state index contributed by atoms with van der Waals surface area (Å²) >= 11 is 0. The van der Waals surface area contributed by atoms with E-state index in [0.717, 1.165) is 60.8 Å². The molecule has 0 atom stereocenters. The fourth-order valence-electron chi connectivity index (χ4n) is 7.22. The van der Waals surface area contributed by atoms with Gasteiger partial charge in [0.15, 0.2) is 0 Å². The molecule has 1 aliphatic heterocycles. The van der Waals surface area contributed by atoms with Crippen LogP contribution in [0, 0.1) is 25.7 Å². The zero-order chi connectivity index (χ0) is 35.8. The van der Waals surface area contributed by atoms with Gasteiger partial charge < -0.3 is 23.7 Å². The van der Waals surface area contributed by atoms with Crippen LogP contribution in [-0.2, 0) is 21.1 Å². The summed E-state index contributed by atoms with van der Waals surface area (Å²) in [6.07, 6.45) is 1.98. The fourth-order valence-corrected chi connectivity index (χ4v) is 7.22. The summed E-state index contributed by atoms with van der Waals surface area (Å²) < 4.78 is 35.1. The molecule has 0 unspecified atom stereocenters. The van der Waals surface area contributed by atoms with E-state index in [4.69, 9.17) is 13.8 Å². The molecule has 0 radical (unpaired) electrons. The Morgan fingerprint density at radius 2 is 1.39 bits per heavy atom. The average Bonchev–Trinajstić information content (AvgIpc) is 3.83. The minimum Gasteiger partial charge on any atom is -0.509 e. The van der Waals surface area contributed by atoms with E-state index in [9.17, 15) is 0 Å². The smallest absolute Gasteiger partial charge is 0.137 e. The summed E-state index contributed by atoms with van der Waals surface area (Å²) in [7, 11) is 0. The van der Waals surface area contributed by atoms with Crippen LogP contribution in [0.4, 0.5) is 17.1 Å². The van der Waals surface area contributed by atoms with Crippen molar-refractivity contribution in [2.24, 2.45) is 0 Å². The number of fused-ring (bicyclic) bond motifs is 7. The van der Waals surface area contributed by atoms with Crippen molar-refractivity contribution >= 4 is 60.7 Å². The number of ether oxygens (including phenoxy) is 1. The van der Waals surface area contributed by atoms with Crippen molar-refractivity contribution in [2.45, 2.75) is 6.92 Å². The zero-order valence-electron chi connectivity index (χ0n) is 30.3. The van der Waals surface area contributed by atoms with Crippen LogP contribution in [0.5, 0.6) is 11.5 Å². The predicted octanol–water partition coefficient (Wildman–Crippen LogP) is 10.7. The standard InChI is InChI=1S/C44H30N5O.Pt/c1-29-19-21-36-37-27-45-44(26-43(37)48(41(36)23-29)30-11-4-3-5-12-30)49-38-16-7-6-15-34(38)35-22-20-33(25-42(35)49)50-32-14-10-13-31(24-32)47-28-46(2)39-17-8-9-18-40(39)47;/h3-23,26-28H,1-2H3;/q-3;/i2D3;. The Labute approximate surface area is 314 Å². The third-order valence-corrected chi connectivity index (χ3v) is 9.46. The molecule has 0 N–H and O–H groups in total. The van der Waals surface area contributed by atoms with Gasteiger partial charge in [-0.3, -0.25) is 0 Å². The van der Waals surface area contributed by atoms with E-state index in [1.165, 1.54) is 10.5 Å². The number of aryl methyl sites for hydroxylation is 1. The molecule has 0 amide bonds. The molecule has 0 saturated heterocycles. The Hall–Kier alpha value is -5.84. The average molecular weight is 843 g/mol. The molecule has 6 nitrogen and oxygen atoms in total. The van der Waals surface area contributed by atoms with Gasteiger partial charge >= 0.3 is 0 Å². The molecule has 250 valence electrons. The largest absolute Gasteiger partial charge is 0.509 e. The van der Waals surface area contributed by atoms with Crippen molar-refractivity contribution in [2.75, 3.05) is 16.8 Å². The van der Waals surface area contributed by atoms with Gasteiger partial charge in [-0.05, 0) is 61.2 Å². The van der Waals surface area contributed by atoms with Gasteiger partial charge in [-0.25, -0.2) is 4.98 Å². The first-order chi connectivity index (χ1) is 25.8. The number of rotatable bonds is 5. The quantitative estimate of drug-likeness (QED) is 0.162. The van der Waals surface area contributed by atoms with Crippen molar-refractivity contribution < 1.29 is 29.9 Å². The Bertz CT molecular complexity index is 2880. The molecule has 0 saturated carbocycles. The Balaban J connectivity index is 0.00000384. The van der Waals surface area contributed by atoms with Crippen molar-refractivity contribution in [3.8, 4) is 23.0 Å². The number of anilines is 3. The van der Waals surface area contributed by atoms with Gasteiger partial charge in [0.25, 0.3) is 0 Å². The summed E-state index contributed by atoms with van der Waals surface area (Å²) in [6.45, 7) is 1.37. The van der Waals surface area contributed by atoms with E-state index in [2.05, 4.69) is 94.9 Å². The SMILES string of the molecule is [2H]C([2H])([2H])N1[CH-]N(c2[c-]c(Oc3[c-]c4c(cc3)c3ccccc3n4-c3cc4c(cn3)c3ccc(C)cc3n4-c3ccccc3)ccc2)c2ccccc21.[Pt]. The van der Waals surface area contributed by atoms with Gasteiger partial charge in [0, 0.05) is 82.3 Å². The maximum absolute atomic E-state index is 8.07. The second-order valence-corrected chi connectivity index (χ2v) is 12.5. The van der Waals surface area contributed by atoms with Crippen molar-refractivity contribution in [1.82, 2.24) is 14.1 Å². The second kappa shape index (κ2) is 12.2. The monoisotopic (exact) mass is 842 g/mol. The van der Waals surface area contributed by atoms with Crippen LogP contribution >= 0.6 is 0 Å². The van der Waals surface area contributed by atoms with Gasteiger partial charge in [-0.15, -0.1) is 41.4 Å². The van der Waals surface area contributed by atoms with Crippen LogP contribution in [0.1, 0.15) is 9.68 Å². The summed E-state index contributed by atoms with van der Waals surface area (Å²) in [5, 5.41) is 4.34. The van der Waals surface area contributed by atoms with Crippen molar-refractivity contribution in [3.63, 3.8) is 0 Å². The van der Waals surface area contributed by atoms with Crippen LogP contribution in [0.3, 0.4) is 0 Å². The number of nitrogens with zero attached hydrogens (tertiary/aromatic N) is 5. The van der Waals surface area contributed by atoms with E-state index >= 15 is 0 Å². The number of para-hydroxylation sites is 4. The normalized spacial score (nSPS) is 13.7. The maximum Gasteiger partial charge on any atom is 0.137 e. The molecule has 3 aromatic heterocycles. The third-order valence-electron chi connectivity index (χ3n) is 9.46. The van der Waals surface area contributed by atoms with Crippen molar-refractivity contribution in [3.05, 3.63) is 164 Å². The molecule has 10 rings (SSSR count). The Kier molecular flexibility index (Phi) is 6.67. The number of hydrogen-bond acceptors (Lipinski definition) is 4. The molecule has 0 spiro atoms. The molecule has 7 heteroatoms. The molecule has 6 aromatic carbocycles. The summed E-state index contributed by atoms with van der Waals surface area (Å²) in [6, 6.07) is 51.4. The predicted molar refractivity (Wildman–Crippen MR) is 203 cm³/mol. The number of pyridine rings is 1. The van der Waals surface area contributed by atoms with Gasteiger partial charge in [0.1, 0.15) is 5.82 Å². The minimum atomic E-state index is -2.33. The Morgan fingerprint density at radius 3 is 2.27 bits per heavy atom. The number of aromatic nitrogens is 3. The van der Waals surface area contributed by atoms with E-state index < -0.39 is 6.98 Å². The first-order valence-corrected chi connectivity index (χ1v) is 16.5. The second-order valence-electron chi connectivity index (χ2n) is 12.5. The number of benzene rings is 6. The molecular formula is C44H30N5OPt-3. The Morgan fingerprint density at radius 1 is 0.647 bits per heavy atom. The first kappa shape index (κ1) is 27.9. The minimum absolute atomic E-state index is 0. The van der Waals surface area contributed by atoms with E-state index in [-0.39, 0.29) is 21.1 Å². The number of hydrogen-bond donors (Lipinski definition) is 0. The molecule has 0 fully saturated rings. The molecule has 4 heterocycles. The van der Waals surface area contributed by atoms with Crippen LogP contribution in [0.15, 0.2) is 140 Å². The van der Waals surface area contributed by atoms with Gasteiger partial charge in [-0.2, -0.15) is 18.8 Å². The molecule has 0 aliphatic carbocycles. The maximum atomic E-state index is 8.07. The first-order valence-electron chi connectivity index (χ1n) is 18.0. The third kappa shape index (κ3) is 5.01. The molecule has 0 bridgehead atoms. The molecule has 51 heavy (non-hydrogen) atoms. The topological polar surface area (TPSA) is 38.5 Å². The summed E-state index contributed by atoms with van der Waals surface area (Å²) in [5.41, 5.74) is 8.32. The van der Waals surface area contributed by atoms with Crippen LogP contribution in [-0.4, -0.2) is 21.1 Å². The van der Waals surface area contributed by atoms with Crippen LogP contribution in [0.2, 0.25) is 0 Å². The van der Waals surface area contributed by atoms with E-state index in [1.807, 2.05) is 71.8 Å². The van der Waals surface area contributed by atoms with Crippen molar-refractivity contribution in [1.29, 1.82) is 0 Å². The van der Waals surface area contributed by atoms with Crippen LogP contribution < -0.4 is 14.5 Å². The van der Waals surface area contributed by atoms with Gasteiger partial charge in [0.2, 0.25) is 0 Å². The fraction of sp³-hybridized carbons (Fsp3) is 0.0455. The summed E-state index contributed by atoms with van der Waals surface area (Å²) in [5.74, 6) is 1.76. The molecular weight excluding hydrogens is 810 g/mol. The summed E-state index contributed by atoms with van der Waals surface area (Å²) in [4.78, 5) is 8.19.